The molecule has 2 aromatic rings. The van der Waals surface area contributed by atoms with Crippen LogP contribution in [0, 0.1) is 5.92 Å². The number of benzene rings is 1. The van der Waals surface area contributed by atoms with Crippen molar-refractivity contribution in [3.05, 3.63) is 36.1 Å². The van der Waals surface area contributed by atoms with Crippen LogP contribution in [0.3, 0.4) is 0 Å². The number of para-hydroxylation sites is 1. The first-order valence-electron chi connectivity index (χ1n) is 7.83. The first-order chi connectivity index (χ1) is 10.3. The number of rotatable bonds is 1. The second-order valence-electron chi connectivity index (χ2n) is 6.63. The minimum Gasteiger partial charge on any atom is -0.451 e. The van der Waals surface area contributed by atoms with Gasteiger partial charge in [0, 0.05) is 30.6 Å². The van der Waals surface area contributed by atoms with Gasteiger partial charge in [0.1, 0.15) is 5.58 Å². The molecule has 3 aliphatic rings. The highest BCUT2D eigenvalue weighted by molar-refractivity contribution is 5.96. The number of piperazine rings is 1. The maximum atomic E-state index is 12.9. The van der Waals surface area contributed by atoms with Crippen LogP contribution in [-0.4, -0.2) is 47.4 Å². The van der Waals surface area contributed by atoms with Crippen molar-refractivity contribution < 1.29 is 9.21 Å². The topological polar surface area (TPSA) is 36.7 Å². The highest BCUT2D eigenvalue weighted by Crippen LogP contribution is 2.41. The SMILES string of the molecule is O=C(c1cc2ccccc2o1)N1C2CC3CCN(C2)CC31. The fourth-order valence-corrected chi connectivity index (χ4v) is 4.53. The molecule has 0 aliphatic carbocycles. The van der Waals surface area contributed by atoms with Crippen molar-refractivity contribution >= 4 is 16.9 Å². The van der Waals surface area contributed by atoms with Crippen LogP contribution in [0.4, 0.5) is 0 Å². The molecule has 4 unspecified atom stereocenters. The molecule has 1 aromatic heterocycles. The predicted octanol–water partition coefficient (Wildman–Crippen LogP) is 2.35. The number of carbonyl (C=O) groups is 1. The van der Waals surface area contributed by atoms with E-state index in [1.165, 1.54) is 19.4 Å². The molecule has 5 rings (SSSR count). The van der Waals surface area contributed by atoms with Gasteiger partial charge in [-0.3, -0.25) is 9.69 Å². The molecular formula is C17H18N2O2. The first kappa shape index (κ1) is 11.8. The highest BCUT2D eigenvalue weighted by atomic mass is 16.3. The van der Waals surface area contributed by atoms with E-state index in [9.17, 15) is 4.79 Å². The van der Waals surface area contributed by atoms with E-state index >= 15 is 0 Å². The summed E-state index contributed by atoms with van der Waals surface area (Å²) in [7, 11) is 0. The number of carbonyl (C=O) groups excluding carboxylic acids is 1. The van der Waals surface area contributed by atoms with E-state index in [1.54, 1.807) is 0 Å². The third kappa shape index (κ3) is 1.62. The Bertz CT molecular complexity index is 685. The number of amides is 1. The zero-order valence-electron chi connectivity index (χ0n) is 11.9. The van der Waals surface area contributed by atoms with Crippen LogP contribution >= 0.6 is 0 Å². The van der Waals surface area contributed by atoms with Crippen LogP contribution in [0.1, 0.15) is 23.4 Å². The Labute approximate surface area is 123 Å². The summed E-state index contributed by atoms with van der Waals surface area (Å²) in [6, 6.07) is 10.5. The monoisotopic (exact) mass is 282 g/mol. The number of piperidine rings is 1. The Hall–Kier alpha value is -1.81. The van der Waals surface area contributed by atoms with Crippen LogP contribution in [0.5, 0.6) is 0 Å². The molecule has 0 spiro atoms. The molecule has 4 heterocycles. The zero-order valence-corrected chi connectivity index (χ0v) is 11.9. The largest absolute Gasteiger partial charge is 0.451 e. The van der Waals surface area contributed by atoms with Gasteiger partial charge in [-0.05, 0) is 37.4 Å². The van der Waals surface area contributed by atoms with Crippen molar-refractivity contribution in [2.45, 2.75) is 24.9 Å². The van der Waals surface area contributed by atoms with E-state index < -0.39 is 0 Å². The van der Waals surface area contributed by atoms with Gasteiger partial charge >= 0.3 is 0 Å². The Balaban J connectivity index is 1.51. The molecule has 0 radical (unpaired) electrons. The Morgan fingerprint density at radius 2 is 2.14 bits per heavy atom. The highest BCUT2D eigenvalue weighted by Gasteiger charge is 2.51. The van der Waals surface area contributed by atoms with Crippen LogP contribution in [0.15, 0.2) is 34.7 Å². The number of fused-ring (bicyclic) bond motifs is 3. The van der Waals surface area contributed by atoms with Crippen LogP contribution in [0.25, 0.3) is 11.0 Å². The van der Waals surface area contributed by atoms with Crippen molar-refractivity contribution in [2.75, 3.05) is 19.6 Å². The van der Waals surface area contributed by atoms with Crippen molar-refractivity contribution in [3.63, 3.8) is 0 Å². The fraction of sp³-hybridized carbons (Fsp3) is 0.471. The molecule has 1 amide bonds. The average Bonchev–Trinajstić information content (AvgIpc) is 2.96. The van der Waals surface area contributed by atoms with E-state index in [-0.39, 0.29) is 5.91 Å². The van der Waals surface area contributed by atoms with Gasteiger partial charge in [0.2, 0.25) is 0 Å². The summed E-state index contributed by atoms with van der Waals surface area (Å²) in [5, 5.41) is 1.01. The minimum atomic E-state index is 0.0882. The van der Waals surface area contributed by atoms with E-state index in [0.29, 0.717) is 23.8 Å². The van der Waals surface area contributed by atoms with Crippen LogP contribution in [-0.2, 0) is 0 Å². The molecule has 3 aliphatic heterocycles. The summed E-state index contributed by atoms with van der Waals surface area (Å²) in [6.07, 6.45) is 2.41. The minimum absolute atomic E-state index is 0.0882. The molecule has 3 fully saturated rings. The lowest BCUT2D eigenvalue weighted by molar-refractivity contribution is 0.0239. The van der Waals surface area contributed by atoms with E-state index in [1.807, 2.05) is 30.3 Å². The third-order valence-corrected chi connectivity index (χ3v) is 5.47. The summed E-state index contributed by atoms with van der Waals surface area (Å²) in [4.78, 5) is 17.6. The van der Waals surface area contributed by atoms with Crippen molar-refractivity contribution in [3.8, 4) is 0 Å². The molecule has 3 bridgehead atoms. The molecule has 0 N–H and O–H groups in total. The summed E-state index contributed by atoms with van der Waals surface area (Å²) in [6.45, 7) is 3.30. The summed E-state index contributed by atoms with van der Waals surface area (Å²) in [5.41, 5.74) is 0.801. The van der Waals surface area contributed by atoms with E-state index in [4.69, 9.17) is 4.42 Å². The first-order valence-corrected chi connectivity index (χ1v) is 7.83. The van der Waals surface area contributed by atoms with Crippen molar-refractivity contribution in [1.82, 2.24) is 9.80 Å². The molecule has 1 aromatic carbocycles. The van der Waals surface area contributed by atoms with Gasteiger partial charge in [0.15, 0.2) is 5.76 Å². The number of hydrogen-bond acceptors (Lipinski definition) is 3. The maximum absolute atomic E-state index is 12.9. The average molecular weight is 282 g/mol. The molecule has 4 atom stereocenters. The second-order valence-corrected chi connectivity index (χ2v) is 6.63. The third-order valence-electron chi connectivity index (χ3n) is 5.47. The van der Waals surface area contributed by atoms with Gasteiger partial charge in [-0.15, -0.1) is 0 Å². The lowest BCUT2D eigenvalue weighted by Crippen LogP contribution is -2.58. The summed E-state index contributed by atoms with van der Waals surface area (Å²) >= 11 is 0. The van der Waals surface area contributed by atoms with Gasteiger partial charge in [-0.1, -0.05) is 18.2 Å². The van der Waals surface area contributed by atoms with Gasteiger partial charge in [-0.2, -0.15) is 0 Å². The Kier molecular flexibility index (Phi) is 2.31. The lowest BCUT2D eigenvalue weighted by atomic mass is 9.93. The van der Waals surface area contributed by atoms with Gasteiger partial charge < -0.3 is 9.32 Å². The van der Waals surface area contributed by atoms with Gasteiger partial charge in [0.25, 0.3) is 5.91 Å². The number of nitrogens with zero attached hydrogens (tertiary/aromatic N) is 2. The molecular weight excluding hydrogens is 264 g/mol. The standard InChI is InChI=1S/C17H18N2O2/c20-17(16-8-12-3-1-2-4-15(12)21-16)19-13-7-11-5-6-18(9-13)10-14(11)19/h1-4,8,11,13-14H,5-7,9-10H2. The molecule has 0 saturated carbocycles. The Morgan fingerprint density at radius 3 is 3.05 bits per heavy atom. The molecule has 4 heteroatoms. The van der Waals surface area contributed by atoms with E-state index in [0.717, 1.165) is 24.1 Å². The number of hydrogen-bond donors (Lipinski definition) is 0. The zero-order chi connectivity index (χ0) is 14.0. The molecule has 4 nitrogen and oxygen atoms in total. The smallest absolute Gasteiger partial charge is 0.290 e. The molecule has 3 saturated heterocycles. The van der Waals surface area contributed by atoms with Crippen molar-refractivity contribution in [1.29, 1.82) is 0 Å². The molecule has 21 heavy (non-hydrogen) atoms. The van der Waals surface area contributed by atoms with Gasteiger partial charge in [-0.25, -0.2) is 0 Å². The Morgan fingerprint density at radius 1 is 1.24 bits per heavy atom. The predicted molar refractivity (Wildman–Crippen MR) is 79.1 cm³/mol. The summed E-state index contributed by atoms with van der Waals surface area (Å²) < 4.78 is 5.78. The quantitative estimate of drug-likeness (QED) is 0.805. The summed E-state index contributed by atoms with van der Waals surface area (Å²) in [5.74, 6) is 1.29. The van der Waals surface area contributed by atoms with Crippen LogP contribution in [0.2, 0.25) is 0 Å². The van der Waals surface area contributed by atoms with E-state index in [2.05, 4.69) is 9.80 Å². The number of furan rings is 1. The second kappa shape index (κ2) is 4.10. The molecule has 108 valence electrons. The van der Waals surface area contributed by atoms with Crippen molar-refractivity contribution in [2.24, 2.45) is 5.92 Å². The fourth-order valence-electron chi connectivity index (χ4n) is 4.53. The normalized spacial score (nSPS) is 33.8. The lowest BCUT2D eigenvalue weighted by Gasteiger charge is -2.44. The van der Waals surface area contributed by atoms with Gasteiger partial charge in [0.05, 0.1) is 0 Å². The maximum Gasteiger partial charge on any atom is 0.290 e. The van der Waals surface area contributed by atoms with Crippen LogP contribution < -0.4 is 0 Å².